The summed E-state index contributed by atoms with van der Waals surface area (Å²) in [4.78, 5) is 25.1. The molecule has 0 aromatic rings. The largest absolute Gasteiger partial charge is 0.481 e. The highest BCUT2D eigenvalue weighted by Crippen LogP contribution is 2.78. The molecule has 34 heavy (non-hydrogen) atoms. The van der Waals surface area contributed by atoms with Crippen molar-refractivity contribution in [2.75, 3.05) is 0 Å². The van der Waals surface area contributed by atoms with Crippen molar-refractivity contribution in [3.63, 3.8) is 0 Å². The van der Waals surface area contributed by atoms with Gasteiger partial charge in [0.15, 0.2) is 0 Å². The number of ketones is 1. The zero-order chi connectivity index (χ0) is 25.1. The number of aliphatic hydroxyl groups is 1. The summed E-state index contributed by atoms with van der Waals surface area (Å²) < 4.78 is 0. The van der Waals surface area contributed by atoms with Crippen LogP contribution in [0, 0.1) is 56.2 Å². The topological polar surface area (TPSA) is 74.6 Å². The van der Waals surface area contributed by atoms with Crippen molar-refractivity contribution in [3.05, 3.63) is 0 Å². The fourth-order valence-corrected chi connectivity index (χ4v) is 11.3. The minimum absolute atomic E-state index is 0.0176. The van der Waals surface area contributed by atoms with Crippen LogP contribution in [0.15, 0.2) is 0 Å². The average molecular weight is 473 g/mol. The van der Waals surface area contributed by atoms with Gasteiger partial charge in [-0.05, 0) is 110 Å². The second-order valence-electron chi connectivity index (χ2n) is 15.2. The molecule has 0 bridgehead atoms. The van der Waals surface area contributed by atoms with E-state index in [2.05, 4.69) is 41.5 Å². The van der Waals surface area contributed by atoms with Gasteiger partial charge in [-0.15, -0.1) is 0 Å². The zero-order valence-corrected chi connectivity index (χ0v) is 22.7. The molecule has 2 N–H and O–H groups in total. The molecule has 0 heterocycles. The standard InChI is InChI=1S/C30H48O4/c1-18-19(31)16-20(32)23-27(18,4)9-8-21-28(23,5)13-15-30(7)22-17-26(3,24(33)34)11-10-25(22,2)12-14-29(21,30)6/h18,20-23,32H,8-17H2,1-7H3,(H,33,34). The Bertz CT molecular complexity index is 913. The molecule has 0 radical (unpaired) electrons. The Labute approximate surface area is 206 Å². The fourth-order valence-electron chi connectivity index (χ4n) is 11.3. The molecule has 0 aliphatic heterocycles. The Morgan fingerprint density at radius 3 is 2.06 bits per heavy atom. The summed E-state index contributed by atoms with van der Waals surface area (Å²) in [6.45, 7) is 16.3. The maximum atomic E-state index is 12.8. The monoisotopic (exact) mass is 472 g/mol. The van der Waals surface area contributed by atoms with E-state index in [9.17, 15) is 19.8 Å². The number of hydrogen-bond acceptors (Lipinski definition) is 3. The number of carbonyl (C=O) groups is 2. The Hall–Kier alpha value is -0.900. The first-order valence-electron chi connectivity index (χ1n) is 14.0. The van der Waals surface area contributed by atoms with E-state index in [4.69, 9.17) is 0 Å². The molecule has 5 aliphatic rings. The fraction of sp³-hybridized carbons (Fsp3) is 0.933. The van der Waals surface area contributed by atoms with E-state index in [-0.39, 0.29) is 44.7 Å². The van der Waals surface area contributed by atoms with E-state index >= 15 is 0 Å². The SMILES string of the molecule is CC1C(=O)CC(O)C2C1(C)CCC1C2(C)CCC2(C)C3CC(C)(C(=O)O)CCC3(C)CCC12C. The maximum absolute atomic E-state index is 12.8. The van der Waals surface area contributed by atoms with Crippen molar-refractivity contribution in [1.29, 1.82) is 0 Å². The van der Waals surface area contributed by atoms with Gasteiger partial charge in [0, 0.05) is 12.3 Å². The predicted molar refractivity (Wildman–Crippen MR) is 133 cm³/mol. The Morgan fingerprint density at radius 1 is 0.824 bits per heavy atom. The van der Waals surface area contributed by atoms with E-state index in [0.717, 1.165) is 44.9 Å². The summed E-state index contributed by atoms with van der Waals surface area (Å²) in [6, 6.07) is 0. The van der Waals surface area contributed by atoms with Crippen molar-refractivity contribution in [3.8, 4) is 0 Å². The first-order valence-corrected chi connectivity index (χ1v) is 14.0. The van der Waals surface area contributed by atoms with Crippen molar-refractivity contribution in [1.82, 2.24) is 0 Å². The molecular weight excluding hydrogens is 424 g/mol. The molecule has 0 aromatic heterocycles. The number of Topliss-reactive ketones (excluding diaryl/α,β-unsaturated/α-hetero) is 1. The zero-order valence-electron chi connectivity index (χ0n) is 22.7. The van der Waals surface area contributed by atoms with E-state index in [1.807, 2.05) is 6.92 Å². The summed E-state index contributed by atoms with van der Waals surface area (Å²) in [7, 11) is 0. The molecular formula is C30H48O4. The summed E-state index contributed by atoms with van der Waals surface area (Å²) in [5.41, 5.74) is -0.255. The van der Waals surface area contributed by atoms with Crippen LogP contribution in [0.3, 0.4) is 0 Å². The van der Waals surface area contributed by atoms with Gasteiger partial charge in [0.1, 0.15) is 5.78 Å². The molecule has 5 fully saturated rings. The minimum atomic E-state index is -0.622. The number of fused-ring (bicyclic) bond motifs is 7. The van der Waals surface area contributed by atoms with Crippen molar-refractivity contribution in [2.24, 2.45) is 56.2 Å². The lowest BCUT2D eigenvalue weighted by Gasteiger charge is -2.75. The second-order valence-corrected chi connectivity index (χ2v) is 15.2. The summed E-state index contributed by atoms with van der Waals surface area (Å²) >= 11 is 0. The molecule has 0 aromatic carbocycles. The number of aliphatic carboxylic acids is 1. The van der Waals surface area contributed by atoms with Gasteiger partial charge in [-0.2, -0.15) is 0 Å². The third-order valence-electron chi connectivity index (χ3n) is 14.0. The van der Waals surface area contributed by atoms with Gasteiger partial charge in [-0.1, -0.05) is 41.5 Å². The van der Waals surface area contributed by atoms with Crippen molar-refractivity contribution < 1.29 is 19.8 Å². The first kappa shape index (κ1) is 24.8. The van der Waals surface area contributed by atoms with Crippen LogP contribution in [0.25, 0.3) is 0 Å². The van der Waals surface area contributed by atoms with Crippen LogP contribution in [0.2, 0.25) is 0 Å². The van der Waals surface area contributed by atoms with Gasteiger partial charge in [0.25, 0.3) is 0 Å². The first-order chi connectivity index (χ1) is 15.6. The molecule has 192 valence electrons. The number of aliphatic hydroxyl groups excluding tert-OH is 1. The molecule has 5 saturated carbocycles. The maximum Gasteiger partial charge on any atom is 0.309 e. The Balaban J connectivity index is 1.56. The Kier molecular flexibility index (Phi) is 5.18. The molecule has 4 nitrogen and oxygen atoms in total. The van der Waals surface area contributed by atoms with E-state index in [0.29, 0.717) is 18.3 Å². The summed E-state index contributed by atoms with van der Waals surface area (Å²) in [6.07, 6.45) is 9.11. The van der Waals surface area contributed by atoms with E-state index < -0.39 is 17.5 Å². The smallest absolute Gasteiger partial charge is 0.309 e. The van der Waals surface area contributed by atoms with Crippen LogP contribution < -0.4 is 0 Å². The molecule has 0 saturated heterocycles. The highest BCUT2D eigenvalue weighted by atomic mass is 16.4. The normalized spacial score (nSPS) is 59.3. The molecule has 4 heteroatoms. The van der Waals surface area contributed by atoms with Gasteiger partial charge in [0.05, 0.1) is 11.5 Å². The third-order valence-corrected chi connectivity index (χ3v) is 14.0. The predicted octanol–water partition coefficient (Wildman–Crippen LogP) is 6.49. The van der Waals surface area contributed by atoms with Crippen LogP contribution in [0.5, 0.6) is 0 Å². The van der Waals surface area contributed by atoms with Crippen LogP contribution in [-0.4, -0.2) is 28.1 Å². The number of carboxylic acid groups (broad SMARTS) is 1. The summed E-state index contributed by atoms with van der Waals surface area (Å²) in [5.74, 6) is 0.728. The second kappa shape index (κ2) is 7.11. The molecule has 11 atom stereocenters. The number of rotatable bonds is 1. The molecule has 11 unspecified atom stereocenters. The number of hydrogen-bond donors (Lipinski definition) is 2. The highest BCUT2D eigenvalue weighted by Gasteiger charge is 2.72. The van der Waals surface area contributed by atoms with Gasteiger partial charge in [0.2, 0.25) is 0 Å². The quantitative estimate of drug-likeness (QED) is 0.457. The van der Waals surface area contributed by atoms with Crippen LogP contribution >= 0.6 is 0 Å². The average Bonchev–Trinajstić information content (AvgIpc) is 2.75. The van der Waals surface area contributed by atoms with Gasteiger partial charge in [-0.25, -0.2) is 0 Å². The Morgan fingerprint density at radius 2 is 1.41 bits per heavy atom. The minimum Gasteiger partial charge on any atom is -0.481 e. The molecule has 5 aliphatic carbocycles. The van der Waals surface area contributed by atoms with Crippen LogP contribution in [0.1, 0.15) is 113 Å². The van der Waals surface area contributed by atoms with Gasteiger partial charge >= 0.3 is 5.97 Å². The van der Waals surface area contributed by atoms with Crippen LogP contribution in [0.4, 0.5) is 0 Å². The van der Waals surface area contributed by atoms with Gasteiger partial charge in [-0.3, -0.25) is 9.59 Å². The highest BCUT2D eigenvalue weighted by molar-refractivity contribution is 5.83. The van der Waals surface area contributed by atoms with Gasteiger partial charge < -0.3 is 10.2 Å². The lowest BCUT2D eigenvalue weighted by atomic mass is 9.30. The number of carbonyl (C=O) groups excluding carboxylic acids is 1. The van der Waals surface area contributed by atoms with E-state index in [1.54, 1.807) is 0 Å². The number of carboxylic acids is 1. The third kappa shape index (κ3) is 2.81. The lowest BCUT2D eigenvalue weighted by molar-refractivity contribution is -0.268. The van der Waals surface area contributed by atoms with Crippen molar-refractivity contribution in [2.45, 2.75) is 119 Å². The molecule has 0 spiro atoms. The molecule has 0 amide bonds. The summed E-state index contributed by atoms with van der Waals surface area (Å²) in [5, 5.41) is 21.5. The molecule has 5 rings (SSSR count). The van der Waals surface area contributed by atoms with E-state index in [1.165, 1.54) is 12.8 Å². The van der Waals surface area contributed by atoms with Crippen LogP contribution in [-0.2, 0) is 9.59 Å². The lowest BCUT2D eigenvalue weighted by Crippen LogP contribution is -2.69. The van der Waals surface area contributed by atoms with Crippen molar-refractivity contribution >= 4 is 11.8 Å².